The summed E-state index contributed by atoms with van der Waals surface area (Å²) in [6.45, 7) is 18.4. The number of nitrogens with one attached hydrogen (secondary N) is 1. The van der Waals surface area contributed by atoms with Gasteiger partial charge in [0.05, 0.1) is 17.1 Å². The van der Waals surface area contributed by atoms with Gasteiger partial charge in [-0.3, -0.25) is 4.79 Å². The van der Waals surface area contributed by atoms with Gasteiger partial charge in [0.25, 0.3) is 15.9 Å². The second-order valence-electron chi connectivity index (χ2n) is 13.4. The molecule has 1 saturated heterocycles. The molecule has 1 amide bonds. The Labute approximate surface area is 256 Å². The minimum Gasteiger partial charge on any atom is -0.476 e. The number of hydrogen-bond acceptors (Lipinski definition) is 7. The van der Waals surface area contributed by atoms with Crippen molar-refractivity contribution in [3.05, 3.63) is 59.8 Å². The average Bonchev–Trinajstić information content (AvgIpc) is 3.26. The zero-order valence-electron chi connectivity index (χ0n) is 25.7. The molecular weight excluding hydrogens is 571 g/mol. The van der Waals surface area contributed by atoms with Crippen LogP contribution in [0.5, 0.6) is 5.88 Å². The fourth-order valence-corrected chi connectivity index (χ4v) is 7.64. The number of aromatic nitrogens is 3. The van der Waals surface area contributed by atoms with Crippen LogP contribution in [0, 0.1) is 29.6 Å². The molecule has 42 heavy (non-hydrogen) atoms. The lowest BCUT2D eigenvalue weighted by Crippen LogP contribution is -2.41. The first-order valence-corrected chi connectivity index (χ1v) is 15.6. The molecule has 228 valence electrons. The quantitative estimate of drug-likeness (QED) is 0.358. The Balaban J connectivity index is 0.00000405. The second-order valence-corrected chi connectivity index (χ2v) is 15.0. The lowest BCUT2D eigenvalue weighted by molar-refractivity contribution is 0.0981. The maximum Gasteiger partial charge on any atom is 0.268 e. The third-order valence-corrected chi connectivity index (χ3v) is 11.1. The predicted molar refractivity (Wildman–Crippen MR) is 169 cm³/mol. The van der Waals surface area contributed by atoms with Crippen LogP contribution in [0.1, 0.15) is 70.8 Å². The molecule has 11 heteroatoms. The van der Waals surface area contributed by atoms with Gasteiger partial charge in [0.1, 0.15) is 5.82 Å². The summed E-state index contributed by atoms with van der Waals surface area (Å²) >= 11 is 0. The van der Waals surface area contributed by atoms with Crippen molar-refractivity contribution in [3.63, 3.8) is 0 Å². The maximum atomic E-state index is 13.5. The molecule has 1 atom stereocenters. The van der Waals surface area contributed by atoms with Crippen LogP contribution in [-0.4, -0.2) is 47.8 Å². The summed E-state index contributed by atoms with van der Waals surface area (Å²) in [5, 5.41) is 4.60. The Hall–Kier alpha value is -3.05. The molecule has 0 bridgehead atoms. The highest BCUT2D eigenvalue weighted by Crippen LogP contribution is 2.68. The molecule has 1 N–H and O–H groups in total. The number of pyridine rings is 1. The largest absolute Gasteiger partial charge is 0.476 e. The van der Waals surface area contributed by atoms with Crippen LogP contribution in [-0.2, 0) is 10.0 Å². The highest BCUT2D eigenvalue weighted by molar-refractivity contribution is 7.90. The Kier molecular flexibility index (Phi) is 8.27. The Bertz CT molecular complexity index is 1580. The van der Waals surface area contributed by atoms with E-state index >= 15 is 0 Å². The fraction of sp³-hybridized carbons (Fsp3) is 0.516. The van der Waals surface area contributed by atoms with E-state index in [1.165, 1.54) is 6.07 Å². The number of rotatable bonds is 8. The zero-order valence-corrected chi connectivity index (χ0v) is 27.5. The van der Waals surface area contributed by atoms with Gasteiger partial charge in [-0.05, 0) is 67.7 Å². The van der Waals surface area contributed by atoms with E-state index in [1.807, 2.05) is 0 Å². The van der Waals surface area contributed by atoms with Crippen molar-refractivity contribution in [1.82, 2.24) is 19.5 Å². The van der Waals surface area contributed by atoms with Crippen molar-refractivity contribution < 1.29 is 17.9 Å². The smallest absolute Gasteiger partial charge is 0.268 e. The number of hydrogen-bond donors (Lipinski definition) is 1. The van der Waals surface area contributed by atoms with Gasteiger partial charge in [0, 0.05) is 30.3 Å². The molecule has 2 fully saturated rings. The SMILES string of the molecule is Cc1ccccc1S(=O)(=O)NC(=O)c1ccc(-n2ccc(OCC3C(C)(C)C3(C)C)n2)nc1N1C[C@@H](C)CC1(C)C.S. The number of carbonyl (C=O) groups excluding carboxylic acids is 1. The maximum absolute atomic E-state index is 13.5. The number of sulfonamides is 1. The Morgan fingerprint density at radius 3 is 2.31 bits per heavy atom. The second kappa shape index (κ2) is 10.9. The van der Waals surface area contributed by atoms with Crippen LogP contribution >= 0.6 is 13.5 Å². The van der Waals surface area contributed by atoms with Crippen molar-refractivity contribution in [1.29, 1.82) is 0 Å². The lowest BCUT2D eigenvalue weighted by atomic mass is 9.97. The summed E-state index contributed by atoms with van der Waals surface area (Å²) in [7, 11) is -4.08. The summed E-state index contributed by atoms with van der Waals surface area (Å²) < 4.78 is 36.2. The molecule has 0 radical (unpaired) electrons. The van der Waals surface area contributed by atoms with Crippen molar-refractivity contribution in [2.24, 2.45) is 22.7 Å². The molecule has 0 spiro atoms. The highest BCUT2D eigenvalue weighted by atomic mass is 32.2. The number of ether oxygens (including phenoxy) is 1. The van der Waals surface area contributed by atoms with Gasteiger partial charge in [0.2, 0.25) is 5.88 Å². The average molecular weight is 614 g/mol. The number of aryl methyl sites for hydroxylation is 1. The van der Waals surface area contributed by atoms with Crippen LogP contribution in [0.2, 0.25) is 0 Å². The summed E-state index contributed by atoms with van der Waals surface area (Å²) in [5.74, 6) is 1.54. The van der Waals surface area contributed by atoms with Gasteiger partial charge in [-0.25, -0.2) is 22.8 Å². The van der Waals surface area contributed by atoms with E-state index in [-0.39, 0.29) is 40.3 Å². The molecule has 2 aliphatic rings. The van der Waals surface area contributed by atoms with E-state index in [1.54, 1.807) is 54.2 Å². The van der Waals surface area contributed by atoms with Crippen LogP contribution in [0.25, 0.3) is 5.82 Å². The van der Waals surface area contributed by atoms with E-state index < -0.39 is 15.9 Å². The van der Waals surface area contributed by atoms with Crippen LogP contribution in [0.15, 0.2) is 53.6 Å². The normalized spacial score (nSPS) is 20.6. The van der Waals surface area contributed by atoms with Crippen molar-refractivity contribution in [2.45, 2.75) is 72.2 Å². The molecule has 5 rings (SSSR count). The summed E-state index contributed by atoms with van der Waals surface area (Å²) in [5.41, 5.74) is 0.900. The molecule has 9 nitrogen and oxygen atoms in total. The first-order chi connectivity index (χ1) is 19.0. The number of anilines is 1. The van der Waals surface area contributed by atoms with Crippen molar-refractivity contribution in [2.75, 3.05) is 18.1 Å². The van der Waals surface area contributed by atoms with E-state index in [9.17, 15) is 13.2 Å². The number of nitrogens with zero attached hydrogens (tertiary/aromatic N) is 4. The van der Waals surface area contributed by atoms with Gasteiger partial charge in [-0.15, -0.1) is 5.10 Å². The standard InChI is InChI=1S/C31H41N5O4S.H2S/c1-20-17-29(3,4)35(18-20)27-22(28(37)34-41(38,39)23-12-10-9-11-21(23)2)13-14-25(32-27)36-16-15-26(33-36)40-19-24-30(5,6)31(24,7)8;/h9-16,20,24H,17-19H2,1-8H3,(H,34,37);1H2/t20-;/m0./s1. The first-order valence-electron chi connectivity index (χ1n) is 14.1. The Morgan fingerprint density at radius 1 is 1.05 bits per heavy atom. The van der Waals surface area contributed by atoms with E-state index in [4.69, 9.17) is 9.72 Å². The van der Waals surface area contributed by atoms with Gasteiger partial charge in [-0.2, -0.15) is 13.5 Å². The minimum atomic E-state index is -4.08. The van der Waals surface area contributed by atoms with Gasteiger partial charge < -0.3 is 9.64 Å². The molecule has 1 aliphatic carbocycles. The number of benzene rings is 1. The lowest BCUT2D eigenvalue weighted by Gasteiger charge is -2.34. The topological polar surface area (TPSA) is 106 Å². The number of amides is 1. The van der Waals surface area contributed by atoms with Crippen molar-refractivity contribution >= 4 is 35.2 Å². The summed E-state index contributed by atoms with van der Waals surface area (Å²) in [6.07, 6.45) is 2.69. The summed E-state index contributed by atoms with van der Waals surface area (Å²) in [6, 6.07) is 11.7. The molecule has 1 saturated carbocycles. The Morgan fingerprint density at radius 2 is 1.71 bits per heavy atom. The third-order valence-electron chi connectivity index (χ3n) is 9.56. The first kappa shape index (κ1) is 31.9. The molecule has 3 heterocycles. The van der Waals surface area contributed by atoms with E-state index in [0.29, 0.717) is 48.1 Å². The van der Waals surface area contributed by atoms with E-state index in [2.05, 4.69) is 63.2 Å². The molecule has 1 aromatic carbocycles. The van der Waals surface area contributed by atoms with E-state index in [0.717, 1.165) is 6.42 Å². The molecule has 3 aromatic rings. The van der Waals surface area contributed by atoms with Gasteiger partial charge in [0.15, 0.2) is 5.82 Å². The van der Waals surface area contributed by atoms with Gasteiger partial charge in [-0.1, -0.05) is 52.8 Å². The summed E-state index contributed by atoms with van der Waals surface area (Å²) in [4.78, 5) is 20.6. The molecule has 1 aliphatic heterocycles. The fourth-order valence-electron chi connectivity index (χ4n) is 6.43. The third kappa shape index (κ3) is 5.65. The number of carbonyl (C=O) groups is 1. The molecule has 0 unspecified atom stereocenters. The predicted octanol–water partition coefficient (Wildman–Crippen LogP) is 5.49. The molecule has 2 aromatic heterocycles. The highest BCUT2D eigenvalue weighted by Gasteiger charge is 2.64. The van der Waals surface area contributed by atoms with Crippen LogP contribution in [0.4, 0.5) is 5.82 Å². The zero-order chi connectivity index (χ0) is 30.0. The van der Waals surface area contributed by atoms with Crippen LogP contribution in [0.3, 0.4) is 0 Å². The minimum absolute atomic E-state index is 0. The molecular formula is C31H43N5O4S2. The van der Waals surface area contributed by atoms with Crippen molar-refractivity contribution in [3.8, 4) is 11.7 Å². The van der Waals surface area contributed by atoms with Crippen LogP contribution < -0.4 is 14.4 Å². The van der Waals surface area contributed by atoms with Gasteiger partial charge >= 0.3 is 0 Å². The monoisotopic (exact) mass is 613 g/mol.